The van der Waals surface area contributed by atoms with Crippen molar-refractivity contribution < 1.29 is 22.6 Å². The Morgan fingerprint density at radius 3 is 1.67 bits per heavy atom. The Kier molecular flexibility index (Phi) is 10.1. The van der Waals surface area contributed by atoms with E-state index in [0.717, 1.165) is 36.8 Å². The Hall–Kier alpha value is -1.81. The molecule has 0 amide bonds. The second kappa shape index (κ2) is 13.7. The molecule has 0 radical (unpaired) electrons. The van der Waals surface area contributed by atoms with Gasteiger partial charge in [-0.2, -0.15) is 17.0 Å². The van der Waals surface area contributed by atoms with Crippen molar-refractivity contribution in [3.05, 3.63) is 71.8 Å². The van der Waals surface area contributed by atoms with Crippen LogP contribution in [0.25, 0.3) is 0 Å². The maximum absolute atomic E-state index is 14.6. The molecule has 2 aliphatic carbocycles. The summed E-state index contributed by atoms with van der Waals surface area (Å²) >= 11 is 0. The second-order valence-electron chi connectivity index (χ2n) is 11.5. The van der Waals surface area contributed by atoms with E-state index in [1.165, 1.54) is 0 Å². The fourth-order valence-corrected chi connectivity index (χ4v) is 7.81. The molecule has 2 aromatic carbocycles. The molecule has 1 heterocycles. The molecule has 3 fully saturated rings. The summed E-state index contributed by atoms with van der Waals surface area (Å²) in [4.78, 5) is 0. The van der Waals surface area contributed by atoms with E-state index in [9.17, 15) is 8.42 Å². The normalized spacial score (nSPS) is 26.2. The molecule has 1 aliphatic heterocycles. The van der Waals surface area contributed by atoms with Crippen molar-refractivity contribution in [2.75, 3.05) is 40.2 Å². The van der Waals surface area contributed by atoms with E-state index in [0.29, 0.717) is 63.8 Å². The first-order valence-corrected chi connectivity index (χ1v) is 16.0. The molecule has 0 bridgehead atoms. The van der Waals surface area contributed by atoms with Crippen molar-refractivity contribution in [2.45, 2.75) is 69.6 Å². The van der Waals surface area contributed by atoms with E-state index in [1.807, 2.05) is 45.0 Å². The Morgan fingerprint density at radius 1 is 0.744 bits per heavy atom. The van der Waals surface area contributed by atoms with Crippen molar-refractivity contribution in [1.29, 1.82) is 0 Å². The molecule has 39 heavy (non-hydrogen) atoms. The average molecular weight is 557 g/mol. The Labute approximate surface area is 234 Å². The number of hydrogen-bond donors (Lipinski definition) is 0. The van der Waals surface area contributed by atoms with Crippen LogP contribution in [0.15, 0.2) is 60.7 Å². The summed E-state index contributed by atoms with van der Waals surface area (Å²) in [5, 5.41) is 0. The third-order valence-corrected chi connectivity index (χ3v) is 10.3. The van der Waals surface area contributed by atoms with Crippen LogP contribution in [-0.4, -0.2) is 75.4 Å². The fraction of sp³-hybridized carbons (Fsp3) is 0.613. The minimum Gasteiger partial charge on any atom is -0.382 e. The molecule has 3 aliphatic rings. The van der Waals surface area contributed by atoms with Gasteiger partial charge < -0.3 is 14.2 Å². The standard InChI is InChI=1S/C31H44N2O5S/c1-36-16-17-37-24-38-31-20-29(18-25-8-4-2-5-9-25)32(22-27-12-13-27)39(34,35)33(23-28-14-15-28)30(21-31)19-26-10-6-3-7-11-26/h2-11,27-31H,12-24H2,1H3/t29-,30-/m1/s1. The predicted octanol–water partition coefficient (Wildman–Crippen LogP) is 4.68. The first-order valence-electron chi connectivity index (χ1n) is 14.6. The zero-order chi connectivity index (χ0) is 27.1. The summed E-state index contributed by atoms with van der Waals surface area (Å²) in [6, 6.07) is 20.2. The largest absolute Gasteiger partial charge is 0.382 e. The van der Waals surface area contributed by atoms with E-state index in [4.69, 9.17) is 14.2 Å². The highest BCUT2D eigenvalue weighted by Crippen LogP contribution is 2.38. The molecule has 1 saturated heterocycles. The lowest BCUT2D eigenvalue weighted by atomic mass is 9.94. The molecule has 5 rings (SSSR count). The molecule has 0 aromatic heterocycles. The molecular formula is C31H44N2O5S. The molecule has 0 spiro atoms. The van der Waals surface area contributed by atoms with E-state index in [2.05, 4.69) is 24.3 Å². The lowest BCUT2D eigenvalue weighted by molar-refractivity contribution is -0.110. The van der Waals surface area contributed by atoms with Gasteiger partial charge in [0, 0.05) is 32.3 Å². The molecule has 214 valence electrons. The zero-order valence-electron chi connectivity index (χ0n) is 23.2. The minimum absolute atomic E-state index is 0.117. The molecule has 2 atom stereocenters. The topological polar surface area (TPSA) is 68.3 Å². The van der Waals surface area contributed by atoms with Crippen LogP contribution in [0.5, 0.6) is 0 Å². The van der Waals surface area contributed by atoms with Gasteiger partial charge in [-0.15, -0.1) is 0 Å². The van der Waals surface area contributed by atoms with Gasteiger partial charge in [-0.25, -0.2) is 0 Å². The Morgan fingerprint density at radius 2 is 1.23 bits per heavy atom. The SMILES string of the molecule is COCCOCOC1C[C@@H](Cc2ccccc2)N(CC2CC2)S(=O)(=O)N(CC2CC2)[C@H](Cc2ccccc2)C1. The molecule has 2 saturated carbocycles. The van der Waals surface area contributed by atoms with Gasteiger partial charge >= 0.3 is 0 Å². The summed E-state index contributed by atoms with van der Waals surface area (Å²) in [7, 11) is -2.01. The van der Waals surface area contributed by atoms with Crippen LogP contribution in [0, 0.1) is 11.8 Å². The van der Waals surface area contributed by atoms with Crippen LogP contribution in [0.3, 0.4) is 0 Å². The Balaban J connectivity index is 1.47. The summed E-state index contributed by atoms with van der Waals surface area (Å²) in [6.07, 6.45) is 6.96. The van der Waals surface area contributed by atoms with Gasteiger partial charge in [0.1, 0.15) is 6.79 Å². The van der Waals surface area contributed by atoms with Gasteiger partial charge in [-0.3, -0.25) is 0 Å². The average Bonchev–Trinajstić information content (AvgIpc) is 3.86. The van der Waals surface area contributed by atoms with E-state index in [-0.39, 0.29) is 25.0 Å². The monoisotopic (exact) mass is 556 g/mol. The van der Waals surface area contributed by atoms with Gasteiger partial charge in [0.05, 0.1) is 19.3 Å². The van der Waals surface area contributed by atoms with Crippen LogP contribution in [-0.2, 0) is 37.3 Å². The third kappa shape index (κ3) is 8.35. The highest BCUT2D eigenvalue weighted by atomic mass is 32.2. The molecule has 0 N–H and O–H groups in total. The quantitative estimate of drug-likeness (QED) is 0.250. The van der Waals surface area contributed by atoms with Gasteiger partial charge in [-0.05, 0) is 74.3 Å². The van der Waals surface area contributed by atoms with E-state index < -0.39 is 10.2 Å². The lowest BCUT2D eigenvalue weighted by Gasteiger charge is -2.43. The van der Waals surface area contributed by atoms with Crippen molar-refractivity contribution in [1.82, 2.24) is 8.61 Å². The third-order valence-electron chi connectivity index (χ3n) is 8.19. The first kappa shape index (κ1) is 28.7. The molecule has 2 aromatic rings. The van der Waals surface area contributed by atoms with Crippen LogP contribution in [0.1, 0.15) is 49.7 Å². The lowest BCUT2D eigenvalue weighted by Crippen LogP contribution is -2.57. The first-order chi connectivity index (χ1) is 19.0. The smallest absolute Gasteiger partial charge is 0.282 e. The van der Waals surface area contributed by atoms with Gasteiger partial charge in [0.15, 0.2) is 0 Å². The molecule has 0 unspecified atom stereocenters. The maximum atomic E-state index is 14.6. The molecule has 7 nitrogen and oxygen atoms in total. The predicted molar refractivity (Wildman–Crippen MR) is 152 cm³/mol. The number of rotatable bonds is 14. The van der Waals surface area contributed by atoms with E-state index in [1.54, 1.807) is 7.11 Å². The van der Waals surface area contributed by atoms with Gasteiger partial charge in [-0.1, -0.05) is 60.7 Å². The molecule has 8 heteroatoms. The maximum Gasteiger partial charge on any atom is 0.282 e. The zero-order valence-corrected chi connectivity index (χ0v) is 24.0. The van der Waals surface area contributed by atoms with Crippen LogP contribution in [0.4, 0.5) is 0 Å². The number of methoxy groups -OCH3 is 1. The molecular weight excluding hydrogens is 512 g/mol. The minimum atomic E-state index is -3.67. The fourth-order valence-electron chi connectivity index (χ4n) is 5.67. The number of nitrogens with zero attached hydrogens (tertiary/aromatic N) is 2. The number of benzene rings is 2. The Bertz CT molecular complexity index is 1030. The van der Waals surface area contributed by atoms with Gasteiger partial charge in [0.2, 0.25) is 0 Å². The summed E-state index contributed by atoms with van der Waals surface area (Å²) < 4.78 is 50.2. The summed E-state index contributed by atoms with van der Waals surface area (Å²) in [5.41, 5.74) is 2.31. The highest BCUT2D eigenvalue weighted by Gasteiger charge is 2.46. The van der Waals surface area contributed by atoms with Crippen molar-refractivity contribution in [3.63, 3.8) is 0 Å². The summed E-state index contributed by atoms with van der Waals surface area (Å²) in [6.45, 7) is 2.36. The van der Waals surface area contributed by atoms with Crippen molar-refractivity contribution in [3.8, 4) is 0 Å². The van der Waals surface area contributed by atoms with E-state index >= 15 is 0 Å². The van der Waals surface area contributed by atoms with Crippen LogP contribution >= 0.6 is 0 Å². The van der Waals surface area contributed by atoms with Crippen LogP contribution < -0.4 is 0 Å². The summed E-state index contributed by atoms with van der Waals surface area (Å²) in [5.74, 6) is 0.897. The van der Waals surface area contributed by atoms with Crippen LogP contribution in [0.2, 0.25) is 0 Å². The number of ether oxygens (including phenoxy) is 3. The van der Waals surface area contributed by atoms with Crippen molar-refractivity contribution in [2.24, 2.45) is 11.8 Å². The van der Waals surface area contributed by atoms with Gasteiger partial charge in [0.25, 0.3) is 10.2 Å². The second-order valence-corrected chi connectivity index (χ2v) is 13.3. The highest BCUT2D eigenvalue weighted by molar-refractivity contribution is 7.86. The number of hydrogen-bond acceptors (Lipinski definition) is 5. The van der Waals surface area contributed by atoms with Crippen molar-refractivity contribution >= 4 is 10.2 Å².